The molecule has 1 aliphatic carbocycles. The lowest BCUT2D eigenvalue weighted by molar-refractivity contribution is -0.147. The normalized spacial score (nSPS) is 18.9. The maximum atomic E-state index is 12.9. The van der Waals surface area contributed by atoms with E-state index >= 15 is 0 Å². The average molecular weight is 400 g/mol. The molecule has 0 aromatic heterocycles. The third kappa shape index (κ3) is 7.39. The van der Waals surface area contributed by atoms with Crippen molar-refractivity contribution in [1.29, 1.82) is 0 Å². The summed E-state index contributed by atoms with van der Waals surface area (Å²) in [4.78, 5) is 37.4. The quantitative estimate of drug-likeness (QED) is 0.312. The predicted octanol–water partition coefficient (Wildman–Crippen LogP) is 1.49. The van der Waals surface area contributed by atoms with E-state index in [9.17, 15) is 19.5 Å². The molecule has 0 saturated heterocycles. The SMILES string of the molecule is CC(C)C[C@H](C(=O)NC(C(=O)NC1CCCCC1)C(C)(C)C)[C@H](O)C(=O)NO. The molecule has 5 N–H and O–H groups in total. The van der Waals surface area contributed by atoms with Gasteiger partial charge in [-0.3, -0.25) is 19.6 Å². The first kappa shape index (κ1) is 24.4. The van der Waals surface area contributed by atoms with Crippen LogP contribution < -0.4 is 16.1 Å². The summed E-state index contributed by atoms with van der Waals surface area (Å²) < 4.78 is 0. The van der Waals surface area contributed by atoms with Gasteiger partial charge in [-0.25, -0.2) is 5.48 Å². The lowest BCUT2D eigenvalue weighted by Crippen LogP contribution is -2.58. The highest BCUT2D eigenvalue weighted by molar-refractivity contribution is 5.92. The van der Waals surface area contributed by atoms with Gasteiger partial charge in [0.1, 0.15) is 12.1 Å². The van der Waals surface area contributed by atoms with E-state index in [0.29, 0.717) is 0 Å². The molecule has 1 aliphatic rings. The van der Waals surface area contributed by atoms with Gasteiger partial charge in [0.05, 0.1) is 5.92 Å². The van der Waals surface area contributed by atoms with Gasteiger partial charge in [-0.2, -0.15) is 0 Å². The summed E-state index contributed by atoms with van der Waals surface area (Å²) in [6, 6.07) is -0.693. The molecule has 0 bridgehead atoms. The average Bonchev–Trinajstić information content (AvgIpc) is 2.62. The number of aliphatic hydroxyl groups excluding tert-OH is 1. The molecular weight excluding hydrogens is 362 g/mol. The first-order valence-corrected chi connectivity index (χ1v) is 10.2. The lowest BCUT2D eigenvalue weighted by atomic mass is 9.84. The molecule has 162 valence electrons. The smallest absolute Gasteiger partial charge is 0.272 e. The van der Waals surface area contributed by atoms with Crippen molar-refractivity contribution >= 4 is 17.7 Å². The minimum Gasteiger partial charge on any atom is -0.382 e. The van der Waals surface area contributed by atoms with E-state index in [1.165, 1.54) is 11.9 Å². The molecule has 8 heteroatoms. The van der Waals surface area contributed by atoms with E-state index in [-0.39, 0.29) is 24.3 Å². The van der Waals surface area contributed by atoms with Crippen molar-refractivity contribution in [2.75, 3.05) is 0 Å². The topological polar surface area (TPSA) is 128 Å². The van der Waals surface area contributed by atoms with Gasteiger partial charge in [0.25, 0.3) is 5.91 Å². The summed E-state index contributed by atoms with van der Waals surface area (Å²) >= 11 is 0. The van der Waals surface area contributed by atoms with E-state index < -0.39 is 35.3 Å². The summed E-state index contributed by atoms with van der Waals surface area (Å²) in [5.41, 5.74) is 0.831. The minimum absolute atomic E-state index is 0.0287. The molecule has 1 unspecified atom stereocenters. The fourth-order valence-electron chi connectivity index (χ4n) is 3.59. The van der Waals surface area contributed by atoms with Gasteiger partial charge < -0.3 is 15.7 Å². The van der Waals surface area contributed by atoms with E-state index in [1.807, 2.05) is 34.6 Å². The highest BCUT2D eigenvalue weighted by Gasteiger charge is 2.38. The van der Waals surface area contributed by atoms with E-state index in [4.69, 9.17) is 5.21 Å². The number of hydroxylamine groups is 1. The molecule has 0 aliphatic heterocycles. The van der Waals surface area contributed by atoms with Crippen LogP contribution >= 0.6 is 0 Å². The molecule has 3 atom stereocenters. The molecule has 8 nitrogen and oxygen atoms in total. The number of rotatable bonds is 8. The summed E-state index contributed by atoms with van der Waals surface area (Å²) in [6.07, 6.45) is 3.74. The molecule has 28 heavy (non-hydrogen) atoms. The van der Waals surface area contributed by atoms with Crippen LogP contribution in [0.1, 0.15) is 73.1 Å². The number of carbonyl (C=O) groups is 3. The van der Waals surface area contributed by atoms with Crippen LogP contribution in [0.2, 0.25) is 0 Å². The Kier molecular flexibility index (Phi) is 9.36. The number of hydrogen-bond acceptors (Lipinski definition) is 5. The highest BCUT2D eigenvalue weighted by atomic mass is 16.5. The van der Waals surface area contributed by atoms with Crippen LogP contribution in [0.15, 0.2) is 0 Å². The number of hydrogen-bond donors (Lipinski definition) is 5. The maximum Gasteiger partial charge on any atom is 0.272 e. The Hall–Kier alpha value is -1.67. The summed E-state index contributed by atoms with van der Waals surface area (Å²) in [7, 11) is 0. The Labute approximate surface area is 167 Å². The maximum absolute atomic E-state index is 12.9. The van der Waals surface area contributed by atoms with Crippen molar-refractivity contribution in [2.24, 2.45) is 17.3 Å². The fraction of sp³-hybridized carbons (Fsp3) is 0.850. The molecule has 1 fully saturated rings. The summed E-state index contributed by atoms with van der Waals surface area (Å²) in [6.45, 7) is 9.29. The van der Waals surface area contributed by atoms with Crippen LogP contribution in [0, 0.1) is 17.3 Å². The largest absolute Gasteiger partial charge is 0.382 e. The molecule has 1 rings (SSSR count). The molecular formula is C20H37N3O5. The molecule has 1 saturated carbocycles. The first-order valence-electron chi connectivity index (χ1n) is 10.2. The zero-order chi connectivity index (χ0) is 21.5. The Morgan fingerprint density at radius 1 is 1.00 bits per heavy atom. The second kappa shape index (κ2) is 10.8. The van der Waals surface area contributed by atoms with Crippen LogP contribution in [0.25, 0.3) is 0 Å². The van der Waals surface area contributed by atoms with Crippen LogP contribution in [-0.2, 0) is 14.4 Å². The van der Waals surface area contributed by atoms with Gasteiger partial charge in [0, 0.05) is 6.04 Å². The zero-order valence-electron chi connectivity index (χ0n) is 17.7. The lowest BCUT2D eigenvalue weighted by Gasteiger charge is -2.34. The van der Waals surface area contributed by atoms with Crippen molar-refractivity contribution in [1.82, 2.24) is 16.1 Å². The Balaban J connectivity index is 2.93. The zero-order valence-corrected chi connectivity index (χ0v) is 17.7. The molecule has 0 heterocycles. The van der Waals surface area contributed by atoms with Gasteiger partial charge in [0.15, 0.2) is 0 Å². The molecule has 3 amide bonds. The second-order valence-corrected chi connectivity index (χ2v) is 9.31. The van der Waals surface area contributed by atoms with Crippen molar-refractivity contribution in [3.8, 4) is 0 Å². The Morgan fingerprint density at radius 3 is 2.04 bits per heavy atom. The summed E-state index contributed by atoms with van der Waals surface area (Å²) in [5.74, 6) is -2.92. The molecule has 0 radical (unpaired) electrons. The van der Waals surface area contributed by atoms with Crippen LogP contribution in [0.4, 0.5) is 0 Å². The van der Waals surface area contributed by atoms with Gasteiger partial charge >= 0.3 is 0 Å². The first-order chi connectivity index (χ1) is 13.0. The van der Waals surface area contributed by atoms with Crippen molar-refractivity contribution in [2.45, 2.75) is 91.3 Å². The molecule has 0 aromatic rings. The number of carbonyl (C=O) groups excluding carboxylic acids is 3. The standard InChI is InChI=1S/C20H37N3O5/c1-12(2)11-14(15(24)18(26)23-28)17(25)22-16(20(3,4)5)19(27)21-13-9-7-6-8-10-13/h12-16,24,28H,6-11H2,1-5H3,(H,21,27)(H,22,25)(H,23,26)/t14-,15-,16?/m0/s1. The van der Waals surface area contributed by atoms with Gasteiger partial charge in [-0.15, -0.1) is 0 Å². The molecule has 0 aromatic carbocycles. The number of aliphatic hydroxyl groups is 1. The molecule has 0 spiro atoms. The highest BCUT2D eigenvalue weighted by Crippen LogP contribution is 2.24. The van der Waals surface area contributed by atoms with E-state index in [0.717, 1.165) is 25.7 Å². The van der Waals surface area contributed by atoms with Crippen molar-refractivity contribution in [3.63, 3.8) is 0 Å². The summed E-state index contributed by atoms with van der Waals surface area (Å²) in [5, 5.41) is 24.8. The third-order valence-electron chi connectivity index (χ3n) is 5.19. The third-order valence-corrected chi connectivity index (χ3v) is 5.19. The Morgan fingerprint density at radius 2 is 1.57 bits per heavy atom. The monoisotopic (exact) mass is 399 g/mol. The number of amides is 3. The fourth-order valence-corrected chi connectivity index (χ4v) is 3.59. The van der Waals surface area contributed by atoms with Crippen molar-refractivity contribution < 1.29 is 24.7 Å². The Bertz CT molecular complexity index is 538. The van der Waals surface area contributed by atoms with Crippen molar-refractivity contribution in [3.05, 3.63) is 0 Å². The van der Waals surface area contributed by atoms with E-state index in [1.54, 1.807) is 0 Å². The van der Waals surface area contributed by atoms with Crippen LogP contribution in [-0.4, -0.2) is 46.2 Å². The van der Waals surface area contributed by atoms with Crippen LogP contribution in [0.3, 0.4) is 0 Å². The van der Waals surface area contributed by atoms with E-state index in [2.05, 4.69) is 10.6 Å². The minimum atomic E-state index is -1.70. The van der Waals surface area contributed by atoms with Gasteiger partial charge in [-0.1, -0.05) is 53.9 Å². The van der Waals surface area contributed by atoms with Gasteiger partial charge in [0.2, 0.25) is 11.8 Å². The second-order valence-electron chi connectivity index (χ2n) is 9.31. The number of nitrogens with one attached hydrogen (secondary N) is 3. The predicted molar refractivity (Wildman–Crippen MR) is 105 cm³/mol. The van der Waals surface area contributed by atoms with Crippen LogP contribution in [0.5, 0.6) is 0 Å². The van der Waals surface area contributed by atoms with Gasteiger partial charge in [-0.05, 0) is 30.6 Å².